The standard InChI is InChI=1S/C13H18O4/c1-10(16-3)13(2,12(14)15)17-9-11-7-5-4-6-8-11/h4-8,10H,9H2,1-3H3,(H,14,15). The first-order valence-corrected chi connectivity index (χ1v) is 5.44. The van der Waals surface area contributed by atoms with Gasteiger partial charge in [0.1, 0.15) is 0 Å². The predicted molar refractivity (Wildman–Crippen MR) is 63.7 cm³/mol. The van der Waals surface area contributed by atoms with Gasteiger partial charge in [-0.2, -0.15) is 0 Å². The van der Waals surface area contributed by atoms with Gasteiger partial charge in [0, 0.05) is 7.11 Å². The molecule has 0 spiro atoms. The Morgan fingerprint density at radius 3 is 2.47 bits per heavy atom. The zero-order valence-electron chi connectivity index (χ0n) is 10.3. The lowest BCUT2D eigenvalue weighted by atomic mass is 10.0. The molecule has 4 nitrogen and oxygen atoms in total. The van der Waals surface area contributed by atoms with E-state index in [2.05, 4.69) is 0 Å². The lowest BCUT2D eigenvalue weighted by molar-refractivity contribution is -0.183. The third-order valence-corrected chi connectivity index (χ3v) is 2.94. The van der Waals surface area contributed by atoms with Crippen LogP contribution in [0.3, 0.4) is 0 Å². The Balaban J connectivity index is 2.72. The average Bonchev–Trinajstić information content (AvgIpc) is 2.35. The number of hydrogen-bond acceptors (Lipinski definition) is 3. The minimum absolute atomic E-state index is 0.247. The molecule has 0 bridgehead atoms. The van der Waals surface area contributed by atoms with Gasteiger partial charge < -0.3 is 14.6 Å². The highest BCUT2D eigenvalue weighted by Gasteiger charge is 2.40. The summed E-state index contributed by atoms with van der Waals surface area (Å²) in [5.41, 5.74) is -0.409. The third-order valence-electron chi connectivity index (χ3n) is 2.94. The molecule has 0 fully saturated rings. The lowest BCUT2D eigenvalue weighted by Gasteiger charge is -2.30. The summed E-state index contributed by atoms with van der Waals surface area (Å²) in [7, 11) is 1.47. The van der Waals surface area contributed by atoms with Crippen LogP contribution in [0.1, 0.15) is 19.4 Å². The van der Waals surface area contributed by atoms with Gasteiger partial charge in [-0.3, -0.25) is 0 Å². The molecule has 0 heterocycles. The first-order chi connectivity index (χ1) is 8.00. The van der Waals surface area contributed by atoms with Crippen LogP contribution >= 0.6 is 0 Å². The molecule has 94 valence electrons. The first kappa shape index (κ1) is 13.7. The second-order valence-electron chi connectivity index (χ2n) is 4.06. The van der Waals surface area contributed by atoms with Crippen LogP contribution in [-0.2, 0) is 20.9 Å². The summed E-state index contributed by atoms with van der Waals surface area (Å²) in [4.78, 5) is 11.2. The van der Waals surface area contributed by atoms with Gasteiger partial charge in [-0.1, -0.05) is 30.3 Å². The number of carboxylic acids is 1. The molecule has 0 aliphatic carbocycles. The van der Waals surface area contributed by atoms with Crippen LogP contribution < -0.4 is 0 Å². The van der Waals surface area contributed by atoms with Crippen molar-refractivity contribution >= 4 is 5.97 Å². The van der Waals surface area contributed by atoms with E-state index in [1.165, 1.54) is 14.0 Å². The molecule has 0 aromatic heterocycles. The van der Waals surface area contributed by atoms with E-state index in [4.69, 9.17) is 9.47 Å². The van der Waals surface area contributed by atoms with Gasteiger partial charge in [0.15, 0.2) is 5.60 Å². The van der Waals surface area contributed by atoms with Gasteiger partial charge in [-0.05, 0) is 19.4 Å². The minimum Gasteiger partial charge on any atom is -0.479 e. The van der Waals surface area contributed by atoms with Crippen molar-refractivity contribution in [3.63, 3.8) is 0 Å². The van der Waals surface area contributed by atoms with E-state index in [0.29, 0.717) is 0 Å². The monoisotopic (exact) mass is 238 g/mol. The Morgan fingerprint density at radius 2 is 2.00 bits per heavy atom. The summed E-state index contributed by atoms with van der Waals surface area (Å²) >= 11 is 0. The molecule has 0 saturated heterocycles. The van der Waals surface area contributed by atoms with Gasteiger partial charge in [0.25, 0.3) is 0 Å². The Morgan fingerprint density at radius 1 is 1.41 bits per heavy atom. The smallest absolute Gasteiger partial charge is 0.338 e. The molecule has 0 saturated carbocycles. The van der Waals surface area contributed by atoms with E-state index in [1.54, 1.807) is 6.92 Å². The number of rotatable bonds is 6. The molecule has 2 atom stereocenters. The molecule has 1 rings (SSSR count). The van der Waals surface area contributed by atoms with Crippen molar-refractivity contribution in [1.82, 2.24) is 0 Å². The molecule has 1 aromatic carbocycles. The molecular formula is C13H18O4. The zero-order valence-corrected chi connectivity index (χ0v) is 10.3. The van der Waals surface area contributed by atoms with E-state index in [-0.39, 0.29) is 6.61 Å². The van der Waals surface area contributed by atoms with Gasteiger partial charge >= 0.3 is 5.97 Å². The summed E-state index contributed by atoms with van der Waals surface area (Å²) in [6.07, 6.45) is -0.524. The zero-order chi connectivity index (χ0) is 12.9. The van der Waals surface area contributed by atoms with Crippen molar-refractivity contribution in [2.75, 3.05) is 7.11 Å². The van der Waals surface area contributed by atoms with Gasteiger partial charge in [0.05, 0.1) is 12.7 Å². The van der Waals surface area contributed by atoms with Crippen molar-refractivity contribution in [2.24, 2.45) is 0 Å². The van der Waals surface area contributed by atoms with Crippen molar-refractivity contribution in [1.29, 1.82) is 0 Å². The van der Waals surface area contributed by atoms with Crippen LogP contribution in [0.4, 0.5) is 0 Å². The Bertz CT molecular complexity index is 363. The fourth-order valence-corrected chi connectivity index (χ4v) is 1.39. The molecule has 1 aromatic rings. The Labute approximate surface area is 101 Å². The number of methoxy groups -OCH3 is 1. The number of aliphatic carboxylic acids is 1. The van der Waals surface area contributed by atoms with Crippen LogP contribution in [0.5, 0.6) is 0 Å². The Kier molecular flexibility index (Phi) is 4.66. The van der Waals surface area contributed by atoms with Gasteiger partial charge in [0.2, 0.25) is 0 Å². The predicted octanol–water partition coefficient (Wildman–Crippen LogP) is 2.08. The lowest BCUT2D eigenvalue weighted by Crippen LogP contribution is -2.48. The topological polar surface area (TPSA) is 55.8 Å². The molecule has 4 heteroatoms. The Hall–Kier alpha value is -1.39. The first-order valence-electron chi connectivity index (χ1n) is 5.44. The van der Waals surface area contributed by atoms with Crippen molar-refractivity contribution in [2.45, 2.75) is 32.2 Å². The maximum atomic E-state index is 11.2. The van der Waals surface area contributed by atoms with Crippen LogP contribution in [0.15, 0.2) is 30.3 Å². The molecule has 1 N–H and O–H groups in total. The molecule has 0 radical (unpaired) electrons. The van der Waals surface area contributed by atoms with Crippen LogP contribution in [0, 0.1) is 0 Å². The number of hydrogen-bond donors (Lipinski definition) is 1. The molecule has 17 heavy (non-hydrogen) atoms. The number of carboxylic acid groups (broad SMARTS) is 1. The molecule has 0 aliphatic heterocycles. The number of benzene rings is 1. The van der Waals surface area contributed by atoms with Crippen LogP contribution in [-0.4, -0.2) is 29.9 Å². The highest BCUT2D eigenvalue weighted by Crippen LogP contribution is 2.20. The van der Waals surface area contributed by atoms with E-state index in [0.717, 1.165) is 5.56 Å². The average molecular weight is 238 g/mol. The fourth-order valence-electron chi connectivity index (χ4n) is 1.39. The quantitative estimate of drug-likeness (QED) is 0.824. The van der Waals surface area contributed by atoms with Gasteiger partial charge in [-0.15, -0.1) is 0 Å². The molecule has 0 aliphatic rings. The summed E-state index contributed by atoms with van der Waals surface area (Å²) in [6, 6.07) is 9.45. The third kappa shape index (κ3) is 3.28. The van der Waals surface area contributed by atoms with E-state index in [1.807, 2.05) is 30.3 Å². The maximum absolute atomic E-state index is 11.2. The highest BCUT2D eigenvalue weighted by molar-refractivity contribution is 5.77. The van der Waals surface area contributed by atoms with Crippen molar-refractivity contribution < 1.29 is 19.4 Å². The van der Waals surface area contributed by atoms with Crippen molar-refractivity contribution in [3.8, 4) is 0 Å². The van der Waals surface area contributed by atoms with Crippen LogP contribution in [0.25, 0.3) is 0 Å². The SMILES string of the molecule is COC(C)C(C)(OCc1ccccc1)C(=O)O. The largest absolute Gasteiger partial charge is 0.479 e. The summed E-state index contributed by atoms with van der Waals surface area (Å²) in [6.45, 7) is 3.45. The van der Waals surface area contributed by atoms with E-state index < -0.39 is 17.7 Å². The fraction of sp³-hybridized carbons (Fsp3) is 0.462. The molecule has 0 amide bonds. The molecular weight excluding hydrogens is 220 g/mol. The minimum atomic E-state index is -1.34. The summed E-state index contributed by atoms with van der Waals surface area (Å²) in [5.74, 6) is -1.03. The van der Waals surface area contributed by atoms with E-state index >= 15 is 0 Å². The summed E-state index contributed by atoms with van der Waals surface area (Å²) in [5, 5.41) is 9.21. The highest BCUT2D eigenvalue weighted by atomic mass is 16.6. The van der Waals surface area contributed by atoms with Crippen molar-refractivity contribution in [3.05, 3.63) is 35.9 Å². The van der Waals surface area contributed by atoms with E-state index in [9.17, 15) is 9.90 Å². The summed E-state index contributed by atoms with van der Waals surface area (Å²) < 4.78 is 10.6. The second kappa shape index (κ2) is 5.80. The maximum Gasteiger partial charge on any atom is 0.338 e. The van der Waals surface area contributed by atoms with Crippen LogP contribution in [0.2, 0.25) is 0 Å². The molecule has 2 unspecified atom stereocenters. The second-order valence-corrected chi connectivity index (χ2v) is 4.06. The normalized spacial score (nSPS) is 16.2. The number of carbonyl (C=O) groups is 1. The number of ether oxygens (including phenoxy) is 2. The van der Waals surface area contributed by atoms with Gasteiger partial charge in [-0.25, -0.2) is 4.79 Å².